The number of hydrogen-bond donors (Lipinski definition) is 1. The van der Waals surface area contributed by atoms with Crippen LogP contribution in [0.2, 0.25) is 0 Å². The monoisotopic (exact) mass is 207 g/mol. The molecule has 0 aromatic heterocycles. The van der Waals surface area contributed by atoms with E-state index in [-0.39, 0.29) is 17.5 Å². The average Bonchev–Trinajstić information content (AvgIpc) is 2.14. The first-order valence-corrected chi connectivity index (χ1v) is 5.19. The predicted molar refractivity (Wildman–Crippen MR) is 56.3 cm³/mol. The van der Waals surface area contributed by atoms with Crippen molar-refractivity contribution in [3.63, 3.8) is 0 Å². The van der Waals surface area contributed by atoms with E-state index in [0.717, 1.165) is 13.1 Å². The highest BCUT2D eigenvalue weighted by Crippen LogP contribution is 2.20. The van der Waals surface area contributed by atoms with Crippen LogP contribution in [-0.2, 0) is 0 Å². The molecule has 3 heteroatoms. The standard InChI is InChI=1S/C12H14FNO/c1-8(10-6-14-7-10)12(15)9-3-2-4-11(13)5-9/h2-5,8,10,14H,6-7H2,1H3. The van der Waals surface area contributed by atoms with Crippen molar-refractivity contribution in [2.24, 2.45) is 11.8 Å². The lowest BCUT2D eigenvalue weighted by atomic mass is 9.83. The molecule has 1 fully saturated rings. The van der Waals surface area contributed by atoms with Crippen molar-refractivity contribution < 1.29 is 9.18 Å². The van der Waals surface area contributed by atoms with Crippen molar-refractivity contribution >= 4 is 5.78 Å². The number of benzene rings is 1. The van der Waals surface area contributed by atoms with Gasteiger partial charge in [0, 0.05) is 11.5 Å². The fourth-order valence-electron chi connectivity index (χ4n) is 1.78. The zero-order chi connectivity index (χ0) is 10.8. The molecule has 80 valence electrons. The third-order valence-electron chi connectivity index (χ3n) is 3.04. The SMILES string of the molecule is CC(C(=O)c1cccc(F)c1)C1CNC1. The molecule has 0 spiro atoms. The Morgan fingerprint density at radius 3 is 2.80 bits per heavy atom. The first-order chi connectivity index (χ1) is 7.18. The van der Waals surface area contributed by atoms with E-state index >= 15 is 0 Å². The molecule has 1 aromatic carbocycles. The van der Waals surface area contributed by atoms with Gasteiger partial charge in [-0.1, -0.05) is 19.1 Å². The van der Waals surface area contributed by atoms with Crippen LogP contribution in [0.1, 0.15) is 17.3 Å². The van der Waals surface area contributed by atoms with Gasteiger partial charge in [0.25, 0.3) is 0 Å². The normalized spacial score (nSPS) is 18.3. The summed E-state index contributed by atoms with van der Waals surface area (Å²) in [7, 11) is 0. The van der Waals surface area contributed by atoms with Crippen molar-refractivity contribution in [3.05, 3.63) is 35.6 Å². The van der Waals surface area contributed by atoms with Crippen LogP contribution in [0, 0.1) is 17.7 Å². The predicted octanol–water partition coefficient (Wildman–Crippen LogP) is 1.86. The van der Waals surface area contributed by atoms with Gasteiger partial charge in [-0.3, -0.25) is 4.79 Å². The minimum atomic E-state index is -0.347. The number of nitrogens with one attached hydrogen (secondary N) is 1. The minimum Gasteiger partial charge on any atom is -0.316 e. The summed E-state index contributed by atoms with van der Waals surface area (Å²) in [5, 5.41) is 3.13. The van der Waals surface area contributed by atoms with Crippen molar-refractivity contribution in [1.29, 1.82) is 0 Å². The van der Waals surface area contributed by atoms with Gasteiger partial charge in [0.15, 0.2) is 5.78 Å². The highest BCUT2D eigenvalue weighted by molar-refractivity contribution is 5.97. The highest BCUT2D eigenvalue weighted by Gasteiger charge is 2.29. The van der Waals surface area contributed by atoms with Gasteiger partial charge in [-0.15, -0.1) is 0 Å². The van der Waals surface area contributed by atoms with E-state index in [1.165, 1.54) is 12.1 Å². The molecule has 1 atom stereocenters. The second-order valence-corrected chi connectivity index (χ2v) is 4.08. The zero-order valence-corrected chi connectivity index (χ0v) is 8.66. The summed E-state index contributed by atoms with van der Waals surface area (Å²) in [4.78, 5) is 11.9. The summed E-state index contributed by atoms with van der Waals surface area (Å²) in [6.07, 6.45) is 0. The van der Waals surface area contributed by atoms with E-state index in [2.05, 4.69) is 5.32 Å². The van der Waals surface area contributed by atoms with E-state index in [9.17, 15) is 9.18 Å². The van der Waals surface area contributed by atoms with E-state index < -0.39 is 0 Å². The van der Waals surface area contributed by atoms with Crippen LogP contribution in [0.3, 0.4) is 0 Å². The Morgan fingerprint density at radius 1 is 1.53 bits per heavy atom. The Balaban J connectivity index is 2.12. The Hall–Kier alpha value is -1.22. The molecule has 1 N–H and O–H groups in total. The number of Topliss-reactive ketones (excluding diaryl/α,β-unsaturated/α-hetero) is 1. The number of rotatable bonds is 3. The number of halogens is 1. The van der Waals surface area contributed by atoms with Crippen molar-refractivity contribution in [1.82, 2.24) is 5.32 Å². The zero-order valence-electron chi connectivity index (χ0n) is 8.66. The van der Waals surface area contributed by atoms with Gasteiger partial charge in [0.05, 0.1) is 0 Å². The van der Waals surface area contributed by atoms with Gasteiger partial charge < -0.3 is 5.32 Å². The van der Waals surface area contributed by atoms with Gasteiger partial charge >= 0.3 is 0 Å². The van der Waals surface area contributed by atoms with Gasteiger partial charge in [0.1, 0.15) is 5.82 Å². The quantitative estimate of drug-likeness (QED) is 0.766. The van der Waals surface area contributed by atoms with Gasteiger partial charge in [0.2, 0.25) is 0 Å². The third-order valence-corrected chi connectivity index (χ3v) is 3.04. The van der Waals surface area contributed by atoms with Crippen LogP contribution < -0.4 is 5.32 Å². The van der Waals surface area contributed by atoms with Crippen LogP contribution in [0.4, 0.5) is 4.39 Å². The molecule has 0 amide bonds. The lowest BCUT2D eigenvalue weighted by Crippen LogP contribution is -2.47. The molecule has 1 saturated heterocycles. The molecule has 15 heavy (non-hydrogen) atoms. The summed E-state index contributed by atoms with van der Waals surface area (Å²) < 4.78 is 12.9. The molecular weight excluding hydrogens is 193 g/mol. The molecule has 1 aromatic rings. The fraction of sp³-hybridized carbons (Fsp3) is 0.417. The lowest BCUT2D eigenvalue weighted by molar-refractivity contribution is 0.0853. The molecular formula is C12H14FNO. The van der Waals surface area contributed by atoms with Crippen LogP contribution in [0.15, 0.2) is 24.3 Å². The highest BCUT2D eigenvalue weighted by atomic mass is 19.1. The van der Waals surface area contributed by atoms with Gasteiger partial charge in [-0.25, -0.2) is 4.39 Å². The summed E-state index contributed by atoms with van der Waals surface area (Å²) in [6, 6.07) is 5.92. The van der Waals surface area contributed by atoms with Crippen molar-refractivity contribution in [2.45, 2.75) is 6.92 Å². The molecule has 1 aliphatic heterocycles. The largest absolute Gasteiger partial charge is 0.316 e. The van der Waals surface area contributed by atoms with E-state index in [1.807, 2.05) is 6.92 Å². The second-order valence-electron chi connectivity index (χ2n) is 4.08. The Labute approximate surface area is 88.5 Å². The van der Waals surface area contributed by atoms with Crippen LogP contribution in [0.5, 0.6) is 0 Å². The number of ketones is 1. The van der Waals surface area contributed by atoms with Crippen LogP contribution >= 0.6 is 0 Å². The molecule has 0 radical (unpaired) electrons. The molecule has 1 heterocycles. The summed E-state index contributed by atoms with van der Waals surface area (Å²) in [5.41, 5.74) is 0.481. The fourth-order valence-corrected chi connectivity index (χ4v) is 1.78. The molecule has 0 aliphatic carbocycles. The number of carbonyl (C=O) groups is 1. The maximum absolute atomic E-state index is 12.9. The molecule has 2 rings (SSSR count). The first kappa shape index (κ1) is 10.3. The van der Waals surface area contributed by atoms with Gasteiger partial charge in [-0.2, -0.15) is 0 Å². The first-order valence-electron chi connectivity index (χ1n) is 5.19. The topological polar surface area (TPSA) is 29.1 Å². The number of carbonyl (C=O) groups excluding carboxylic acids is 1. The van der Waals surface area contributed by atoms with Crippen molar-refractivity contribution in [2.75, 3.05) is 13.1 Å². The summed E-state index contributed by atoms with van der Waals surface area (Å²) >= 11 is 0. The number of hydrogen-bond acceptors (Lipinski definition) is 2. The molecule has 2 nitrogen and oxygen atoms in total. The van der Waals surface area contributed by atoms with E-state index in [0.29, 0.717) is 11.5 Å². The second kappa shape index (κ2) is 4.11. The average molecular weight is 207 g/mol. The van der Waals surface area contributed by atoms with Crippen LogP contribution in [0.25, 0.3) is 0 Å². The minimum absolute atomic E-state index is 0.0203. The summed E-state index contributed by atoms with van der Waals surface area (Å²) in [6.45, 7) is 3.70. The molecule has 1 aliphatic rings. The Kier molecular flexibility index (Phi) is 2.82. The van der Waals surface area contributed by atoms with Gasteiger partial charge in [-0.05, 0) is 31.1 Å². The van der Waals surface area contributed by atoms with E-state index in [1.54, 1.807) is 12.1 Å². The Morgan fingerprint density at radius 2 is 2.27 bits per heavy atom. The third kappa shape index (κ3) is 2.07. The summed E-state index contributed by atoms with van der Waals surface area (Å²) in [5.74, 6) is 0.0783. The van der Waals surface area contributed by atoms with E-state index in [4.69, 9.17) is 0 Å². The van der Waals surface area contributed by atoms with Crippen LogP contribution in [-0.4, -0.2) is 18.9 Å². The molecule has 0 bridgehead atoms. The Bertz CT molecular complexity index is 374. The maximum Gasteiger partial charge on any atom is 0.166 e. The maximum atomic E-state index is 12.9. The lowest BCUT2D eigenvalue weighted by Gasteiger charge is -2.31. The van der Waals surface area contributed by atoms with Crippen molar-refractivity contribution in [3.8, 4) is 0 Å². The smallest absolute Gasteiger partial charge is 0.166 e. The molecule has 1 unspecified atom stereocenters. The molecule has 0 saturated carbocycles.